The molecule has 0 atom stereocenters. The van der Waals surface area contributed by atoms with Crippen LogP contribution >= 0.6 is 0 Å². The van der Waals surface area contributed by atoms with Crippen molar-refractivity contribution in [1.29, 1.82) is 0 Å². The maximum atomic E-state index is 13.8. The van der Waals surface area contributed by atoms with E-state index in [1.165, 1.54) is 0 Å². The van der Waals surface area contributed by atoms with Crippen molar-refractivity contribution < 1.29 is 44.3 Å². The Balaban J connectivity index is 1.87. The van der Waals surface area contributed by atoms with Crippen LogP contribution in [0, 0.1) is 6.92 Å². The van der Waals surface area contributed by atoms with E-state index in [1.807, 2.05) is 0 Å². The van der Waals surface area contributed by atoms with Crippen LogP contribution in [0.1, 0.15) is 39.0 Å². The van der Waals surface area contributed by atoms with Crippen LogP contribution in [-0.4, -0.2) is 48.6 Å². The molecule has 0 bridgehead atoms. The normalized spacial score (nSPS) is 14.9. The van der Waals surface area contributed by atoms with Gasteiger partial charge in [0.2, 0.25) is 15.7 Å². The monoisotopic (exact) mass is 573 g/mol. The fraction of sp³-hybridized carbons (Fsp3) is 0.320. The summed E-state index contributed by atoms with van der Waals surface area (Å²) >= 11 is 0. The van der Waals surface area contributed by atoms with Gasteiger partial charge >= 0.3 is 12.4 Å². The van der Waals surface area contributed by atoms with Gasteiger partial charge in [-0.2, -0.15) is 31.3 Å². The van der Waals surface area contributed by atoms with Gasteiger partial charge in [0.25, 0.3) is 11.1 Å². The van der Waals surface area contributed by atoms with Crippen LogP contribution in [0.4, 0.5) is 26.3 Å². The maximum Gasteiger partial charge on any atom is 0.416 e. The van der Waals surface area contributed by atoms with Crippen LogP contribution in [0.15, 0.2) is 47.6 Å². The van der Waals surface area contributed by atoms with E-state index < -0.39 is 50.9 Å². The highest BCUT2D eigenvalue weighted by molar-refractivity contribution is 7.90. The Morgan fingerprint density at radius 2 is 1.59 bits per heavy atom. The molecule has 0 saturated carbocycles. The molecule has 0 saturated heterocycles. The van der Waals surface area contributed by atoms with Crippen molar-refractivity contribution in [3.63, 3.8) is 0 Å². The van der Waals surface area contributed by atoms with Gasteiger partial charge < -0.3 is 9.64 Å². The SMILES string of the molecule is Cc1ccccc1-c1nc(S(C)(=O)=O)nc2c1C(=O)N(Cc1cc(C(F)(F)F)cc(C(F)(F)F)c1)CCCO2. The molecule has 0 N–H and O–H groups in total. The minimum absolute atomic E-state index is 0.0127. The van der Waals surface area contributed by atoms with Crippen molar-refractivity contribution in [2.75, 3.05) is 19.4 Å². The van der Waals surface area contributed by atoms with E-state index in [4.69, 9.17) is 4.74 Å². The quantitative estimate of drug-likeness (QED) is 0.310. The molecule has 14 heteroatoms. The zero-order chi connectivity index (χ0) is 28.8. The number of aryl methyl sites for hydroxylation is 1. The van der Waals surface area contributed by atoms with Crippen LogP contribution in [-0.2, 0) is 28.7 Å². The van der Waals surface area contributed by atoms with Crippen LogP contribution in [0.2, 0.25) is 0 Å². The number of fused-ring (bicyclic) bond motifs is 1. The number of nitrogens with zero attached hydrogens (tertiary/aromatic N) is 3. The number of halogens is 6. The number of rotatable bonds is 4. The second-order valence-corrected chi connectivity index (χ2v) is 10.9. The molecule has 7 nitrogen and oxygen atoms in total. The summed E-state index contributed by atoms with van der Waals surface area (Å²) in [7, 11) is -3.96. The van der Waals surface area contributed by atoms with E-state index in [1.54, 1.807) is 31.2 Å². The van der Waals surface area contributed by atoms with Gasteiger partial charge in [-0.05, 0) is 42.7 Å². The number of benzene rings is 2. The number of carbonyl (C=O) groups excluding carboxylic acids is 1. The Kier molecular flexibility index (Phi) is 7.36. The molecule has 1 amide bonds. The lowest BCUT2D eigenvalue weighted by Crippen LogP contribution is -2.35. The van der Waals surface area contributed by atoms with Crippen LogP contribution in [0.25, 0.3) is 11.3 Å². The number of sulfone groups is 1. The largest absolute Gasteiger partial charge is 0.477 e. The fourth-order valence-electron chi connectivity index (χ4n) is 4.08. The molecule has 0 aliphatic carbocycles. The lowest BCUT2D eigenvalue weighted by atomic mass is 10.00. The van der Waals surface area contributed by atoms with E-state index in [9.17, 15) is 39.6 Å². The lowest BCUT2D eigenvalue weighted by molar-refractivity contribution is -0.143. The van der Waals surface area contributed by atoms with Gasteiger partial charge in [0, 0.05) is 24.9 Å². The van der Waals surface area contributed by atoms with Crippen molar-refractivity contribution in [3.8, 4) is 17.1 Å². The lowest BCUT2D eigenvalue weighted by Gasteiger charge is -2.28. The third-order valence-corrected chi connectivity index (χ3v) is 6.77. The molecule has 0 spiro atoms. The summed E-state index contributed by atoms with van der Waals surface area (Å²) in [5.74, 6) is -1.19. The summed E-state index contributed by atoms with van der Waals surface area (Å²) in [4.78, 5) is 22.9. The molecule has 4 rings (SSSR count). The summed E-state index contributed by atoms with van der Waals surface area (Å²) in [5, 5.41) is -0.605. The Labute approximate surface area is 219 Å². The zero-order valence-corrected chi connectivity index (χ0v) is 21.3. The molecule has 2 heterocycles. The average Bonchev–Trinajstić information content (AvgIpc) is 2.82. The molecular weight excluding hydrogens is 552 g/mol. The van der Waals surface area contributed by atoms with Gasteiger partial charge in [-0.3, -0.25) is 4.79 Å². The fourth-order valence-corrected chi connectivity index (χ4v) is 4.59. The molecular formula is C25H21F6N3O4S. The second-order valence-electron chi connectivity index (χ2n) is 8.96. The van der Waals surface area contributed by atoms with Gasteiger partial charge in [-0.15, -0.1) is 0 Å². The average molecular weight is 574 g/mol. The number of hydrogen-bond acceptors (Lipinski definition) is 6. The van der Waals surface area contributed by atoms with Crippen LogP contribution in [0.5, 0.6) is 5.88 Å². The standard InChI is InChI=1S/C25H21F6N3O4S/c1-14-6-3-4-7-18(14)20-19-21(33-23(32-20)39(2,36)37)38-9-5-8-34(22(19)35)13-15-10-16(24(26,27)28)12-17(11-15)25(29,30)31/h3-4,6-7,10-12H,5,8-9,13H2,1-2H3. The Hall–Kier alpha value is -3.68. The van der Waals surface area contributed by atoms with Crippen molar-refractivity contribution in [1.82, 2.24) is 14.9 Å². The van der Waals surface area contributed by atoms with Crippen molar-refractivity contribution in [2.24, 2.45) is 0 Å². The summed E-state index contributed by atoms with van der Waals surface area (Å²) in [6.45, 7) is 0.973. The molecule has 1 aromatic heterocycles. The van der Waals surface area contributed by atoms with E-state index in [0.29, 0.717) is 23.3 Å². The molecule has 0 radical (unpaired) electrons. The van der Waals surface area contributed by atoms with Crippen molar-refractivity contribution in [3.05, 3.63) is 70.3 Å². The highest BCUT2D eigenvalue weighted by Crippen LogP contribution is 2.38. The van der Waals surface area contributed by atoms with Gasteiger partial charge in [0.05, 0.1) is 23.4 Å². The number of aromatic nitrogens is 2. The first-order valence-corrected chi connectivity index (χ1v) is 13.3. The number of ether oxygens (including phenoxy) is 1. The summed E-state index contributed by atoms with van der Waals surface area (Å²) in [6, 6.07) is 7.75. The first-order chi connectivity index (χ1) is 18.1. The van der Waals surface area contributed by atoms with E-state index in [0.717, 1.165) is 11.2 Å². The zero-order valence-electron chi connectivity index (χ0n) is 20.5. The van der Waals surface area contributed by atoms with Gasteiger partial charge in [0.1, 0.15) is 5.56 Å². The van der Waals surface area contributed by atoms with E-state index >= 15 is 0 Å². The third kappa shape index (κ3) is 6.15. The first kappa shape index (κ1) is 28.3. The smallest absolute Gasteiger partial charge is 0.416 e. The summed E-state index contributed by atoms with van der Waals surface area (Å²) in [5.41, 5.74) is -2.74. The maximum absolute atomic E-state index is 13.8. The molecule has 1 aliphatic heterocycles. The van der Waals surface area contributed by atoms with E-state index in [-0.39, 0.29) is 48.3 Å². The molecule has 3 aromatic rings. The number of hydrogen-bond donors (Lipinski definition) is 0. The Morgan fingerprint density at radius 3 is 2.15 bits per heavy atom. The third-order valence-electron chi connectivity index (χ3n) is 5.92. The molecule has 1 aliphatic rings. The Bertz CT molecular complexity index is 1510. The summed E-state index contributed by atoms with van der Waals surface area (Å²) < 4.78 is 111. The Morgan fingerprint density at radius 1 is 0.974 bits per heavy atom. The number of alkyl halides is 6. The van der Waals surface area contributed by atoms with Gasteiger partial charge in [-0.25, -0.2) is 13.4 Å². The summed E-state index contributed by atoms with van der Waals surface area (Å²) in [6.07, 6.45) is -9.08. The molecule has 0 unspecified atom stereocenters. The first-order valence-electron chi connectivity index (χ1n) is 11.4. The number of amides is 1. The second kappa shape index (κ2) is 10.1. The molecule has 2 aromatic carbocycles. The van der Waals surface area contributed by atoms with Crippen molar-refractivity contribution >= 4 is 15.7 Å². The van der Waals surface area contributed by atoms with Gasteiger partial charge in [0.15, 0.2) is 0 Å². The predicted molar refractivity (Wildman–Crippen MR) is 127 cm³/mol. The number of carbonyl (C=O) groups is 1. The minimum Gasteiger partial charge on any atom is -0.477 e. The van der Waals surface area contributed by atoms with Crippen LogP contribution < -0.4 is 4.74 Å². The highest BCUT2D eigenvalue weighted by atomic mass is 32.2. The minimum atomic E-state index is -5.05. The molecule has 0 fully saturated rings. The van der Waals surface area contributed by atoms with E-state index in [2.05, 4.69) is 9.97 Å². The molecule has 39 heavy (non-hydrogen) atoms. The highest BCUT2D eigenvalue weighted by Gasteiger charge is 2.38. The topological polar surface area (TPSA) is 89.5 Å². The molecule has 208 valence electrons. The van der Waals surface area contributed by atoms with Crippen molar-refractivity contribution in [2.45, 2.75) is 37.4 Å². The van der Waals surface area contributed by atoms with Gasteiger partial charge in [-0.1, -0.05) is 24.3 Å². The van der Waals surface area contributed by atoms with Crippen LogP contribution in [0.3, 0.4) is 0 Å². The predicted octanol–water partition coefficient (Wildman–Crippen LogP) is 5.32.